The van der Waals surface area contributed by atoms with E-state index in [2.05, 4.69) is 16.0 Å². The number of rotatable bonds is 25. The number of Topliss-reactive ketones (excluding diaryl/α,β-unsaturated/α-hetero) is 2. The molecule has 71 heavy (non-hydrogen) atoms. The topological polar surface area (TPSA) is 246 Å². The van der Waals surface area contributed by atoms with Gasteiger partial charge in [-0.2, -0.15) is 0 Å². The van der Waals surface area contributed by atoms with E-state index in [1.165, 1.54) is 34.5 Å². The summed E-state index contributed by atoms with van der Waals surface area (Å²) in [5.41, 5.74) is 8.79. The summed E-state index contributed by atoms with van der Waals surface area (Å²) in [5, 5.41) is 8.04. The first kappa shape index (κ1) is 57.8. The second-order valence-corrected chi connectivity index (χ2v) is 17.1. The fraction of sp³-hybridized carbons (Fsp3) is 0.415. The molecule has 4 aromatic rings. The predicted molar refractivity (Wildman–Crippen MR) is 264 cm³/mol. The largest absolute Gasteiger partial charge is 0.496 e. The maximum atomic E-state index is 13.2. The summed E-state index contributed by atoms with van der Waals surface area (Å²) in [6, 6.07) is 27.1. The minimum atomic E-state index is -0.825. The summed E-state index contributed by atoms with van der Waals surface area (Å²) < 4.78 is 35.6. The molecule has 0 saturated carbocycles. The maximum absolute atomic E-state index is 13.2. The van der Waals surface area contributed by atoms with E-state index in [9.17, 15) is 33.6 Å². The van der Waals surface area contributed by atoms with Crippen molar-refractivity contribution in [2.75, 3.05) is 41.5 Å². The summed E-state index contributed by atoms with van der Waals surface area (Å²) >= 11 is 0. The lowest BCUT2D eigenvalue weighted by molar-refractivity contribution is -0.121. The number of carbonyl (C=O) groups excluding carboxylic acids is 7. The van der Waals surface area contributed by atoms with Crippen LogP contribution in [-0.4, -0.2) is 101 Å². The van der Waals surface area contributed by atoms with Crippen LogP contribution in [0.25, 0.3) is 0 Å². The lowest BCUT2D eigenvalue weighted by atomic mass is 9.98. The van der Waals surface area contributed by atoms with E-state index in [4.69, 9.17) is 38.9 Å². The van der Waals surface area contributed by atoms with Gasteiger partial charge in [0, 0.05) is 25.9 Å². The minimum absolute atomic E-state index is 0.0293. The highest BCUT2D eigenvalue weighted by molar-refractivity contribution is 5.94. The molecule has 0 aliphatic carbocycles. The van der Waals surface area contributed by atoms with Crippen LogP contribution in [0.4, 0.5) is 14.4 Å². The van der Waals surface area contributed by atoms with E-state index in [1.807, 2.05) is 60.7 Å². The van der Waals surface area contributed by atoms with Crippen molar-refractivity contribution in [1.82, 2.24) is 16.0 Å². The number of ether oxygens (including phenoxy) is 7. The van der Waals surface area contributed by atoms with Gasteiger partial charge in [0.2, 0.25) is 0 Å². The Balaban J connectivity index is 0.000000383. The van der Waals surface area contributed by atoms with Crippen molar-refractivity contribution < 1.29 is 66.7 Å². The van der Waals surface area contributed by atoms with Crippen molar-refractivity contribution in [2.45, 2.75) is 103 Å². The third-order valence-electron chi connectivity index (χ3n) is 10.4. The van der Waals surface area contributed by atoms with Gasteiger partial charge in [0.25, 0.3) is 0 Å². The van der Waals surface area contributed by atoms with E-state index >= 15 is 0 Å². The number of benzene rings is 4. The van der Waals surface area contributed by atoms with Crippen molar-refractivity contribution in [1.29, 1.82) is 0 Å². The van der Waals surface area contributed by atoms with Gasteiger partial charge in [0.15, 0.2) is 11.6 Å². The molecular formula is C53H68N4O14. The summed E-state index contributed by atoms with van der Waals surface area (Å²) in [6.45, 7) is 6.38. The zero-order chi connectivity index (χ0) is 52.2. The number of ketones is 2. The number of carbonyl (C=O) groups is 7. The van der Waals surface area contributed by atoms with Crippen molar-refractivity contribution in [2.24, 2.45) is 5.73 Å². The van der Waals surface area contributed by atoms with Gasteiger partial charge in [-0.05, 0) is 106 Å². The number of nitrogens with one attached hydrogen (secondary N) is 3. The van der Waals surface area contributed by atoms with Crippen LogP contribution in [0.2, 0.25) is 0 Å². The smallest absolute Gasteiger partial charge is 0.408 e. The molecule has 3 amide bonds. The van der Waals surface area contributed by atoms with Gasteiger partial charge in [-0.15, -0.1) is 0 Å². The summed E-state index contributed by atoms with van der Waals surface area (Å²) in [4.78, 5) is 85.7. The van der Waals surface area contributed by atoms with Crippen LogP contribution in [0.15, 0.2) is 97.1 Å². The molecule has 0 aromatic heterocycles. The Morgan fingerprint density at radius 2 is 0.972 bits per heavy atom. The lowest BCUT2D eigenvalue weighted by Crippen LogP contribution is -2.44. The number of methoxy groups -OCH3 is 4. The molecule has 4 aromatic carbocycles. The van der Waals surface area contributed by atoms with Gasteiger partial charge in [-0.1, -0.05) is 72.8 Å². The summed E-state index contributed by atoms with van der Waals surface area (Å²) in [7, 11) is 5.44. The van der Waals surface area contributed by atoms with E-state index < -0.39 is 47.9 Å². The first-order valence-corrected chi connectivity index (χ1v) is 23.2. The number of unbranched alkanes of at least 4 members (excludes halogenated alkanes) is 2. The molecule has 0 spiro atoms. The van der Waals surface area contributed by atoms with Gasteiger partial charge in [0.05, 0.1) is 40.5 Å². The van der Waals surface area contributed by atoms with E-state index in [-0.39, 0.29) is 48.7 Å². The zero-order valence-electron chi connectivity index (χ0n) is 41.7. The zero-order valence-corrected chi connectivity index (χ0v) is 41.7. The molecule has 2 atom stereocenters. The fourth-order valence-corrected chi connectivity index (χ4v) is 6.74. The number of hydrogen-bond acceptors (Lipinski definition) is 15. The molecule has 18 nitrogen and oxygen atoms in total. The number of alkyl carbamates (subject to hydrolysis) is 3. The third-order valence-corrected chi connectivity index (χ3v) is 10.4. The van der Waals surface area contributed by atoms with Crippen molar-refractivity contribution >= 4 is 41.8 Å². The van der Waals surface area contributed by atoms with Crippen LogP contribution in [-0.2, 0) is 59.3 Å². The molecule has 0 heterocycles. The van der Waals surface area contributed by atoms with E-state index in [1.54, 1.807) is 51.1 Å². The Morgan fingerprint density at radius 1 is 0.535 bits per heavy atom. The Morgan fingerprint density at radius 3 is 1.39 bits per heavy atom. The Kier molecular flexibility index (Phi) is 25.2. The number of amides is 3. The van der Waals surface area contributed by atoms with Gasteiger partial charge in [0.1, 0.15) is 41.4 Å². The average Bonchev–Trinajstić information content (AvgIpc) is 3.36. The van der Waals surface area contributed by atoms with Crippen molar-refractivity contribution in [3.63, 3.8) is 0 Å². The van der Waals surface area contributed by atoms with Gasteiger partial charge >= 0.3 is 30.2 Å². The average molecular weight is 985 g/mol. The van der Waals surface area contributed by atoms with E-state index in [0.717, 1.165) is 11.1 Å². The third kappa shape index (κ3) is 22.2. The van der Waals surface area contributed by atoms with Crippen LogP contribution in [0.1, 0.15) is 102 Å². The Bertz CT molecular complexity index is 2340. The first-order chi connectivity index (χ1) is 34.0. The molecule has 0 unspecified atom stereocenters. The van der Waals surface area contributed by atoms with Crippen molar-refractivity contribution in [3.05, 3.63) is 130 Å². The lowest BCUT2D eigenvalue weighted by Gasteiger charge is -2.23. The standard InChI is InChI=1S/C29H38N2O8.C24H30N2O6/c1-29(2,3)39-28(35)31-23(13-9-10-16-30-27(34)38-19-20-11-7-6-8-12-20)24(32)18-21-14-15-25(36-4)22(17-21)26(33)37-5;1-30-22-12-11-18(14-19(22)23(28)31-2)15-21(27)20(25)10-6-7-13-26-24(29)32-16-17-8-4-3-5-9-17/h6-8,11-12,14-15,17,23H,9-10,13,16,18-19H2,1-5H3,(H,30,34)(H,31,35);3-5,8-9,11-12,14,20H,6-7,10,13,15-16,25H2,1-2H3,(H,26,29)/t23-;20-/m00/s1. The van der Waals surface area contributed by atoms with Gasteiger partial charge < -0.3 is 54.8 Å². The Labute approximate surface area is 415 Å². The molecule has 0 fully saturated rings. The second kappa shape index (κ2) is 30.9. The number of hydrogen-bond donors (Lipinski definition) is 4. The molecule has 0 aliphatic rings. The monoisotopic (exact) mass is 984 g/mol. The highest BCUT2D eigenvalue weighted by Gasteiger charge is 2.25. The summed E-state index contributed by atoms with van der Waals surface area (Å²) in [5.74, 6) is -0.781. The normalized spacial score (nSPS) is 11.5. The molecule has 0 saturated heterocycles. The van der Waals surface area contributed by atoms with Crippen LogP contribution < -0.4 is 31.2 Å². The first-order valence-electron chi connectivity index (χ1n) is 23.2. The predicted octanol–water partition coefficient (Wildman–Crippen LogP) is 7.60. The fourth-order valence-electron chi connectivity index (χ4n) is 6.74. The van der Waals surface area contributed by atoms with E-state index in [0.29, 0.717) is 74.2 Å². The number of nitrogens with two attached hydrogens (primary N) is 1. The van der Waals surface area contributed by atoms with Gasteiger partial charge in [-0.3, -0.25) is 9.59 Å². The quantitative estimate of drug-likeness (QED) is 0.0284. The molecule has 18 heteroatoms. The Hall–Kier alpha value is -7.47. The number of esters is 2. The second-order valence-electron chi connectivity index (χ2n) is 17.1. The molecule has 4 rings (SSSR count). The minimum Gasteiger partial charge on any atom is -0.496 e. The van der Waals surface area contributed by atoms with Crippen LogP contribution >= 0.6 is 0 Å². The molecule has 0 radical (unpaired) electrons. The molecule has 5 N–H and O–H groups in total. The summed E-state index contributed by atoms with van der Waals surface area (Å²) in [6.07, 6.45) is 1.67. The molecule has 0 bridgehead atoms. The van der Waals surface area contributed by atoms with Crippen LogP contribution in [0.5, 0.6) is 11.5 Å². The molecule has 384 valence electrons. The van der Waals surface area contributed by atoms with Crippen molar-refractivity contribution in [3.8, 4) is 11.5 Å². The van der Waals surface area contributed by atoms with Crippen LogP contribution in [0, 0.1) is 0 Å². The maximum Gasteiger partial charge on any atom is 0.408 e. The highest BCUT2D eigenvalue weighted by Crippen LogP contribution is 2.23. The SMILES string of the molecule is COC(=O)c1cc(CC(=O)[C@@H](N)CCCCNC(=O)OCc2ccccc2)ccc1OC.COC(=O)c1cc(CC(=O)[C@H](CCCCNC(=O)OCc2ccccc2)NC(=O)OC(C)(C)C)ccc1OC. The van der Waals surface area contributed by atoms with Crippen LogP contribution in [0.3, 0.4) is 0 Å². The molecule has 0 aliphatic heterocycles. The van der Waals surface area contributed by atoms with Gasteiger partial charge in [-0.25, -0.2) is 24.0 Å². The molecular weight excluding hydrogens is 917 g/mol. The highest BCUT2D eigenvalue weighted by atomic mass is 16.6.